The zero-order valence-electron chi connectivity index (χ0n) is 22.0. The Kier molecular flexibility index (Phi) is 13.3. The first-order chi connectivity index (χ1) is 18.3. The summed E-state index contributed by atoms with van der Waals surface area (Å²) in [5.74, 6) is -2.87. The molecule has 4 rings (SSSR count). The molecule has 1 aromatic rings. The maximum atomic E-state index is 11.1. The van der Waals surface area contributed by atoms with Gasteiger partial charge in [-0.15, -0.1) is 0 Å². The number of benzene rings is 1. The maximum Gasteiger partial charge on any atom is 0.278 e. The molecule has 1 aromatic carbocycles. The molecule has 0 spiro atoms. The van der Waals surface area contributed by atoms with Crippen LogP contribution in [0.5, 0.6) is 0 Å². The monoisotopic (exact) mass is 579 g/mol. The molecule has 2 aliphatic carbocycles. The lowest BCUT2D eigenvalue weighted by Gasteiger charge is -2.46. The fraction of sp³-hybridized carbons (Fsp3) is 0.750. The molecule has 39 heavy (non-hydrogen) atoms. The zero-order valence-corrected chi connectivity index (χ0v) is 22.9. The van der Waals surface area contributed by atoms with Crippen LogP contribution >= 0.6 is 7.82 Å². The molecule has 0 amide bonds. The fourth-order valence-corrected chi connectivity index (χ4v) is 5.17. The summed E-state index contributed by atoms with van der Waals surface area (Å²) in [4.78, 5) is 31.3. The maximum absolute atomic E-state index is 11.1. The van der Waals surface area contributed by atoms with E-state index in [1.54, 1.807) is 0 Å². The van der Waals surface area contributed by atoms with Gasteiger partial charge in [0.05, 0.1) is 37.0 Å². The second-order valence-corrected chi connectivity index (χ2v) is 11.5. The van der Waals surface area contributed by atoms with E-state index in [1.807, 2.05) is 0 Å². The summed E-state index contributed by atoms with van der Waals surface area (Å²) in [5, 5.41) is 51.4. The van der Waals surface area contributed by atoms with Crippen molar-refractivity contribution < 1.29 is 60.4 Å². The van der Waals surface area contributed by atoms with E-state index in [0.29, 0.717) is 0 Å². The lowest BCUT2D eigenvalue weighted by atomic mass is 9.87. The Balaban J connectivity index is 0.000000306. The van der Waals surface area contributed by atoms with Crippen molar-refractivity contribution in [3.05, 3.63) is 39.9 Å². The van der Waals surface area contributed by atoms with E-state index < -0.39 is 60.8 Å². The minimum absolute atomic E-state index is 0.545. The van der Waals surface area contributed by atoms with E-state index in [2.05, 4.69) is 16.0 Å². The average Bonchev–Trinajstić information content (AvgIpc) is 2.90. The number of aliphatic hydroxyl groups excluding tert-OH is 3. The molecule has 224 valence electrons. The van der Waals surface area contributed by atoms with Crippen molar-refractivity contribution in [1.29, 1.82) is 0 Å². The zero-order chi connectivity index (χ0) is 29.2. The standard InChI is InChI=1S/C12H16NO11P.2C6H13N/c14-9-8(5-23-25(20,21)22)24-12(17,11(16)10(9)15)6-3-1-2-4-7(6)13(18)19;2*7-6-4-2-1-3-5-6/h1-4,8-11,14-17H,5H2,(H2,20,21,22);2*6H,1-5,7H2/t8-,9+,10+,11-,12-;;/m1../s1. The molecule has 15 heteroatoms. The predicted octanol–water partition coefficient (Wildman–Crippen LogP) is -1.81. The topological polar surface area (TPSA) is 261 Å². The number of para-hydroxylation sites is 1. The molecule has 1 aliphatic heterocycles. The molecule has 0 bridgehead atoms. The van der Waals surface area contributed by atoms with Crippen molar-refractivity contribution in [3.8, 4) is 0 Å². The molecule has 0 aromatic heterocycles. The predicted molar refractivity (Wildman–Crippen MR) is 133 cm³/mol. The van der Waals surface area contributed by atoms with Crippen molar-refractivity contribution in [3.63, 3.8) is 0 Å². The van der Waals surface area contributed by atoms with Gasteiger partial charge in [0.15, 0.2) is 0 Å². The molecular weight excluding hydrogens is 537 g/mol. The quantitative estimate of drug-likeness (QED) is 0.129. The molecule has 3 fully saturated rings. The van der Waals surface area contributed by atoms with Crippen molar-refractivity contribution in [2.45, 2.75) is 106 Å². The van der Waals surface area contributed by atoms with E-state index in [4.69, 9.17) is 4.74 Å². The Bertz CT molecular complexity index is 924. The molecular formula is C24H42N3O11P. The third-order valence-electron chi connectivity index (χ3n) is 7.12. The number of nitrogens with zero attached hydrogens (tertiary/aromatic N) is 1. The highest BCUT2D eigenvalue weighted by Crippen LogP contribution is 2.41. The molecule has 10 N–H and O–H groups in total. The molecule has 5 atom stereocenters. The number of phosphoric ester groups is 1. The van der Waals surface area contributed by atoms with Gasteiger partial charge in [0, 0.05) is 6.07 Å². The normalized spacial score (nSPS) is 30.4. The van der Waals surface area contributed by atoms with E-state index >= 15 is 0 Å². The van der Waals surface area contributed by atoms with Gasteiger partial charge in [0.2, 0.25) is 5.79 Å². The van der Waals surface area contributed by atoms with Gasteiger partial charge in [-0.05, 0) is 57.4 Å². The molecule has 0 unspecified atom stereocenters. The van der Waals surface area contributed by atoms with E-state index in [9.17, 15) is 44.9 Å². The molecule has 2 saturated carbocycles. The van der Waals surface area contributed by atoms with Crippen LogP contribution in [-0.2, 0) is 19.6 Å². The van der Waals surface area contributed by atoms with E-state index in [0.717, 1.165) is 24.2 Å². The van der Waals surface area contributed by atoms with Gasteiger partial charge in [-0.1, -0.05) is 25.0 Å². The van der Waals surface area contributed by atoms with E-state index in [1.165, 1.54) is 76.3 Å². The van der Waals surface area contributed by atoms with Crippen LogP contribution in [0.15, 0.2) is 24.3 Å². The fourth-order valence-electron chi connectivity index (χ4n) is 4.84. The third kappa shape index (κ3) is 10.4. The van der Waals surface area contributed by atoms with Crippen molar-refractivity contribution in [1.82, 2.24) is 0 Å². The van der Waals surface area contributed by atoms with Gasteiger partial charge in [0.25, 0.3) is 5.69 Å². The van der Waals surface area contributed by atoms with Crippen molar-refractivity contribution in [2.24, 2.45) is 0 Å². The summed E-state index contributed by atoms with van der Waals surface area (Å²) in [7, 11) is -5.46. The average molecular weight is 580 g/mol. The lowest BCUT2D eigenvalue weighted by Crippen LogP contribution is -2.63. The molecule has 3 aliphatic rings. The number of quaternary nitrogens is 2. The Morgan fingerprint density at radius 3 is 1.85 bits per heavy atom. The van der Waals surface area contributed by atoms with Crippen LogP contribution in [-0.4, -0.2) is 68.5 Å². The van der Waals surface area contributed by atoms with E-state index in [-0.39, 0.29) is 0 Å². The minimum Gasteiger partial charge on any atom is -0.790 e. The highest BCUT2D eigenvalue weighted by molar-refractivity contribution is 7.43. The second-order valence-electron chi connectivity index (χ2n) is 10.3. The highest BCUT2D eigenvalue weighted by Gasteiger charge is 2.55. The Morgan fingerprint density at radius 1 is 0.949 bits per heavy atom. The van der Waals surface area contributed by atoms with Gasteiger partial charge in [-0.25, -0.2) is 0 Å². The third-order valence-corrected chi connectivity index (χ3v) is 7.58. The second kappa shape index (κ2) is 15.5. The van der Waals surface area contributed by atoms with Crippen LogP contribution in [0.4, 0.5) is 5.69 Å². The largest absolute Gasteiger partial charge is 0.790 e. The van der Waals surface area contributed by atoms with Gasteiger partial charge < -0.3 is 55.5 Å². The summed E-state index contributed by atoms with van der Waals surface area (Å²) >= 11 is 0. The number of hydrogen-bond donors (Lipinski definition) is 6. The first-order valence-corrected chi connectivity index (χ1v) is 14.7. The number of nitro benzene ring substituents is 1. The first-order valence-electron chi connectivity index (χ1n) is 13.3. The SMILES string of the molecule is O=[N+]([O-])c1ccccc1[C@@]1(O)O[C@H](COP(=O)([O-])[O-])[C@H](O)[C@H](O)[C@H]1O.[NH3+]C1CCCCC1.[NH3+]C1CCCCC1. The Hall–Kier alpha value is -1.55. The number of aliphatic hydroxyl groups is 4. The molecule has 14 nitrogen and oxygen atoms in total. The van der Waals surface area contributed by atoms with Crippen LogP contribution in [0.3, 0.4) is 0 Å². The van der Waals surface area contributed by atoms with Crippen LogP contribution < -0.4 is 21.3 Å². The van der Waals surface area contributed by atoms with Gasteiger partial charge in [-0.2, -0.15) is 0 Å². The van der Waals surface area contributed by atoms with Gasteiger partial charge in [0.1, 0.15) is 24.4 Å². The molecule has 1 heterocycles. The first kappa shape index (κ1) is 33.7. The highest BCUT2D eigenvalue weighted by atomic mass is 31.2. The summed E-state index contributed by atoms with van der Waals surface area (Å²) in [6.45, 7) is -1.09. The van der Waals surface area contributed by atoms with Crippen LogP contribution in [0.1, 0.15) is 69.8 Å². The Morgan fingerprint density at radius 2 is 1.44 bits per heavy atom. The number of ether oxygens (including phenoxy) is 1. The van der Waals surface area contributed by atoms with Crippen LogP contribution in [0.25, 0.3) is 0 Å². The van der Waals surface area contributed by atoms with Gasteiger partial charge in [-0.3, -0.25) is 10.1 Å². The molecule has 0 radical (unpaired) electrons. The smallest absolute Gasteiger partial charge is 0.278 e. The summed E-state index contributed by atoms with van der Waals surface area (Å²) < 4.78 is 19.5. The lowest BCUT2D eigenvalue weighted by molar-refractivity contribution is -0.425. The van der Waals surface area contributed by atoms with Crippen LogP contribution in [0, 0.1) is 10.1 Å². The van der Waals surface area contributed by atoms with Crippen molar-refractivity contribution >= 4 is 13.5 Å². The number of nitro groups is 1. The number of hydrogen-bond acceptors (Lipinski definition) is 11. The molecule has 1 saturated heterocycles. The van der Waals surface area contributed by atoms with Crippen molar-refractivity contribution in [2.75, 3.05) is 6.61 Å². The summed E-state index contributed by atoms with van der Waals surface area (Å²) in [5.41, 5.74) is 6.79. The summed E-state index contributed by atoms with van der Waals surface area (Å²) in [6.07, 6.45) is 6.09. The minimum atomic E-state index is -5.46. The van der Waals surface area contributed by atoms with Gasteiger partial charge >= 0.3 is 0 Å². The van der Waals surface area contributed by atoms with Crippen LogP contribution in [0.2, 0.25) is 0 Å². The summed E-state index contributed by atoms with van der Waals surface area (Å²) in [6, 6.07) is 6.16. The number of phosphoric acid groups is 1. The number of rotatable bonds is 5. The Labute approximate surface area is 227 Å².